The fourth-order valence-corrected chi connectivity index (χ4v) is 3.27. The zero-order valence-electron chi connectivity index (χ0n) is 16.0. The van der Waals surface area contributed by atoms with E-state index in [0.29, 0.717) is 36.1 Å². The number of aromatic nitrogens is 1. The Labute approximate surface area is 164 Å². The van der Waals surface area contributed by atoms with E-state index in [1.165, 1.54) is 7.11 Å². The third-order valence-corrected chi connectivity index (χ3v) is 4.72. The number of hydrogen-bond donors (Lipinski definition) is 1. The van der Waals surface area contributed by atoms with Gasteiger partial charge in [-0.05, 0) is 61.7 Å². The molecule has 28 heavy (non-hydrogen) atoms. The predicted molar refractivity (Wildman–Crippen MR) is 104 cm³/mol. The summed E-state index contributed by atoms with van der Waals surface area (Å²) in [4.78, 5) is 29.9. The zero-order valence-corrected chi connectivity index (χ0v) is 16.0. The Kier molecular flexibility index (Phi) is 6.97. The second-order valence-electron chi connectivity index (χ2n) is 6.84. The summed E-state index contributed by atoms with van der Waals surface area (Å²) in [5, 5.41) is 2.99. The number of methoxy groups -OCH3 is 1. The van der Waals surface area contributed by atoms with Gasteiger partial charge in [-0.2, -0.15) is 0 Å². The van der Waals surface area contributed by atoms with Crippen LogP contribution >= 0.6 is 0 Å². The number of piperidine rings is 1. The van der Waals surface area contributed by atoms with Crippen molar-refractivity contribution in [3.8, 4) is 11.5 Å². The highest BCUT2D eigenvalue weighted by atomic mass is 16.5. The van der Waals surface area contributed by atoms with E-state index in [-0.39, 0.29) is 11.9 Å². The molecule has 1 aliphatic heterocycles. The molecule has 1 atom stereocenters. The molecule has 1 amide bonds. The van der Waals surface area contributed by atoms with Crippen LogP contribution in [0.5, 0.6) is 11.5 Å². The minimum atomic E-state index is -0.224. The van der Waals surface area contributed by atoms with Crippen molar-refractivity contribution in [2.24, 2.45) is 5.92 Å². The van der Waals surface area contributed by atoms with E-state index in [4.69, 9.17) is 9.47 Å². The molecular weight excluding hydrogens is 358 g/mol. The maximum absolute atomic E-state index is 12.4. The second-order valence-corrected chi connectivity index (χ2v) is 6.84. The minimum Gasteiger partial charge on any atom is -0.468 e. The number of pyridine rings is 1. The topological polar surface area (TPSA) is 80.8 Å². The molecule has 3 rings (SSSR count). The van der Waals surface area contributed by atoms with E-state index in [2.05, 4.69) is 15.2 Å². The molecule has 0 saturated carbocycles. The number of likely N-dealkylation sites (tertiary alicyclic amines) is 1. The fourth-order valence-electron chi connectivity index (χ4n) is 3.27. The van der Waals surface area contributed by atoms with Crippen LogP contribution in [-0.2, 0) is 9.53 Å². The zero-order chi connectivity index (χ0) is 19.8. The molecule has 0 aliphatic carbocycles. The van der Waals surface area contributed by atoms with Crippen LogP contribution < -0.4 is 10.1 Å². The maximum Gasteiger partial charge on any atom is 0.319 e. The van der Waals surface area contributed by atoms with Crippen LogP contribution in [0.2, 0.25) is 0 Å². The monoisotopic (exact) mass is 383 g/mol. The molecular formula is C21H25N3O4. The van der Waals surface area contributed by atoms with Crippen LogP contribution in [0.1, 0.15) is 23.2 Å². The van der Waals surface area contributed by atoms with Crippen LogP contribution in [0.4, 0.5) is 0 Å². The summed E-state index contributed by atoms with van der Waals surface area (Å²) in [6.45, 7) is 2.56. The van der Waals surface area contributed by atoms with E-state index in [0.717, 1.165) is 25.9 Å². The van der Waals surface area contributed by atoms with E-state index in [9.17, 15) is 9.59 Å². The van der Waals surface area contributed by atoms with Crippen LogP contribution in [0.25, 0.3) is 0 Å². The molecule has 0 spiro atoms. The van der Waals surface area contributed by atoms with Gasteiger partial charge in [-0.3, -0.25) is 19.5 Å². The van der Waals surface area contributed by atoms with Gasteiger partial charge in [0.1, 0.15) is 11.5 Å². The Bertz CT molecular complexity index is 780. The summed E-state index contributed by atoms with van der Waals surface area (Å²) in [6.07, 6.45) is 5.36. The molecule has 0 bridgehead atoms. The number of esters is 1. The summed E-state index contributed by atoms with van der Waals surface area (Å²) in [7, 11) is 1.40. The molecule has 1 aromatic heterocycles. The summed E-state index contributed by atoms with van der Waals surface area (Å²) < 4.78 is 10.4. The molecule has 1 fully saturated rings. The standard InChI is InChI=1S/C21H25N3O4/c1-27-20(25)15-24-11-3-4-16(14-24)12-23-21(26)17-6-8-18(9-7-17)28-19-5-2-10-22-13-19/h2,5-10,13,16H,3-4,11-12,14-15H2,1H3,(H,23,26). The van der Waals surface area contributed by atoms with Crippen LogP contribution in [0, 0.1) is 5.92 Å². The quantitative estimate of drug-likeness (QED) is 0.740. The van der Waals surface area contributed by atoms with E-state index in [1.54, 1.807) is 42.7 Å². The smallest absolute Gasteiger partial charge is 0.319 e. The predicted octanol–water partition coefficient (Wildman–Crippen LogP) is 2.49. The first kappa shape index (κ1) is 19.8. The molecule has 1 N–H and O–H groups in total. The summed E-state index contributed by atoms with van der Waals surface area (Å²) >= 11 is 0. The second kappa shape index (κ2) is 9.85. The van der Waals surface area contributed by atoms with Crippen molar-refractivity contribution in [2.75, 3.05) is 33.3 Å². The van der Waals surface area contributed by atoms with Crippen molar-refractivity contribution in [3.63, 3.8) is 0 Å². The van der Waals surface area contributed by atoms with Crippen molar-refractivity contribution in [1.29, 1.82) is 0 Å². The third kappa shape index (κ3) is 5.79. The van der Waals surface area contributed by atoms with Gasteiger partial charge < -0.3 is 14.8 Å². The number of nitrogens with zero attached hydrogens (tertiary/aromatic N) is 2. The van der Waals surface area contributed by atoms with Crippen LogP contribution in [-0.4, -0.2) is 55.0 Å². The molecule has 148 valence electrons. The van der Waals surface area contributed by atoms with Gasteiger partial charge in [-0.15, -0.1) is 0 Å². The Morgan fingerprint density at radius 1 is 1.21 bits per heavy atom. The number of carbonyl (C=O) groups is 2. The van der Waals surface area contributed by atoms with Crippen LogP contribution in [0.15, 0.2) is 48.8 Å². The largest absolute Gasteiger partial charge is 0.468 e. The van der Waals surface area contributed by atoms with Crippen molar-refractivity contribution in [3.05, 3.63) is 54.4 Å². The first-order valence-corrected chi connectivity index (χ1v) is 9.39. The molecule has 7 nitrogen and oxygen atoms in total. The van der Waals surface area contributed by atoms with Crippen LogP contribution in [0.3, 0.4) is 0 Å². The Morgan fingerprint density at radius 2 is 2.04 bits per heavy atom. The molecule has 1 aromatic carbocycles. The van der Waals surface area contributed by atoms with Gasteiger partial charge in [0.15, 0.2) is 0 Å². The Morgan fingerprint density at radius 3 is 2.75 bits per heavy atom. The third-order valence-electron chi connectivity index (χ3n) is 4.72. The number of benzene rings is 1. The molecule has 0 radical (unpaired) electrons. The molecule has 2 aromatic rings. The van der Waals surface area contributed by atoms with Gasteiger partial charge in [0.2, 0.25) is 0 Å². The highest BCUT2D eigenvalue weighted by Gasteiger charge is 2.22. The molecule has 7 heteroatoms. The average Bonchev–Trinajstić information content (AvgIpc) is 2.73. The highest BCUT2D eigenvalue weighted by molar-refractivity contribution is 5.94. The lowest BCUT2D eigenvalue weighted by molar-refractivity contribution is -0.142. The van der Waals surface area contributed by atoms with Crippen molar-refractivity contribution in [2.45, 2.75) is 12.8 Å². The number of ether oxygens (including phenoxy) is 2. The van der Waals surface area contributed by atoms with E-state index < -0.39 is 0 Å². The number of hydrogen-bond acceptors (Lipinski definition) is 6. The van der Waals surface area contributed by atoms with Gasteiger partial charge in [0.25, 0.3) is 5.91 Å². The maximum atomic E-state index is 12.4. The summed E-state index contributed by atoms with van der Waals surface area (Å²) in [5.74, 6) is 1.29. The number of amides is 1. The van der Waals surface area contributed by atoms with Gasteiger partial charge in [-0.1, -0.05) is 0 Å². The summed E-state index contributed by atoms with van der Waals surface area (Å²) in [5.41, 5.74) is 0.584. The number of rotatable bonds is 7. The van der Waals surface area contributed by atoms with Gasteiger partial charge in [0.05, 0.1) is 19.9 Å². The van der Waals surface area contributed by atoms with Gasteiger partial charge in [-0.25, -0.2) is 0 Å². The summed E-state index contributed by atoms with van der Waals surface area (Å²) in [6, 6.07) is 10.6. The molecule has 1 saturated heterocycles. The first-order valence-electron chi connectivity index (χ1n) is 9.39. The van der Waals surface area contributed by atoms with E-state index >= 15 is 0 Å². The normalized spacial score (nSPS) is 17.0. The SMILES string of the molecule is COC(=O)CN1CCCC(CNC(=O)c2ccc(Oc3cccnc3)cc2)C1. The Balaban J connectivity index is 1.47. The lowest BCUT2D eigenvalue weighted by Gasteiger charge is -2.31. The number of carbonyl (C=O) groups excluding carboxylic acids is 2. The van der Waals surface area contributed by atoms with Gasteiger partial charge >= 0.3 is 5.97 Å². The lowest BCUT2D eigenvalue weighted by atomic mass is 9.98. The molecule has 1 unspecified atom stereocenters. The number of nitrogens with one attached hydrogen (secondary N) is 1. The average molecular weight is 383 g/mol. The highest BCUT2D eigenvalue weighted by Crippen LogP contribution is 2.20. The first-order chi connectivity index (χ1) is 13.6. The van der Waals surface area contributed by atoms with Crippen molar-refractivity contribution < 1.29 is 19.1 Å². The van der Waals surface area contributed by atoms with Crippen molar-refractivity contribution >= 4 is 11.9 Å². The minimum absolute atomic E-state index is 0.113. The Hall–Kier alpha value is -2.93. The molecule has 2 heterocycles. The van der Waals surface area contributed by atoms with Gasteiger partial charge in [0, 0.05) is 24.8 Å². The lowest BCUT2D eigenvalue weighted by Crippen LogP contribution is -2.43. The fraction of sp³-hybridized carbons (Fsp3) is 0.381. The van der Waals surface area contributed by atoms with Crippen molar-refractivity contribution in [1.82, 2.24) is 15.2 Å². The van der Waals surface area contributed by atoms with E-state index in [1.807, 2.05) is 6.07 Å². The molecule has 1 aliphatic rings.